The van der Waals surface area contributed by atoms with Gasteiger partial charge in [-0.15, -0.1) is 10.2 Å². The fourth-order valence-corrected chi connectivity index (χ4v) is 4.46. The van der Waals surface area contributed by atoms with Gasteiger partial charge in [0.2, 0.25) is 0 Å². The lowest BCUT2D eigenvalue weighted by molar-refractivity contribution is 0.0729. The molecule has 1 amide bonds. The first kappa shape index (κ1) is 15.6. The molecule has 1 fully saturated rings. The van der Waals surface area contributed by atoms with E-state index < -0.39 is 0 Å². The van der Waals surface area contributed by atoms with Crippen LogP contribution in [0.2, 0.25) is 0 Å². The first-order chi connectivity index (χ1) is 12.8. The van der Waals surface area contributed by atoms with Crippen LogP contribution in [0, 0.1) is 0 Å². The van der Waals surface area contributed by atoms with Crippen LogP contribution in [-0.4, -0.2) is 37.1 Å². The molecule has 1 N–H and O–H groups in total. The maximum Gasteiger partial charge on any atom is 0.255 e. The Balaban J connectivity index is 1.51. The van der Waals surface area contributed by atoms with E-state index in [2.05, 4.69) is 19.7 Å². The molecule has 134 valence electrons. The summed E-state index contributed by atoms with van der Waals surface area (Å²) in [6.07, 6.45) is 8.46. The molecule has 3 aromatic rings. The van der Waals surface area contributed by atoms with Gasteiger partial charge in [0.15, 0.2) is 5.82 Å². The lowest BCUT2D eigenvalue weighted by Crippen LogP contribution is -2.32. The zero-order valence-electron chi connectivity index (χ0n) is 14.8. The minimum Gasteiger partial charge on any atom is -0.361 e. The first-order valence-electron chi connectivity index (χ1n) is 9.62. The average Bonchev–Trinajstić information content (AvgIpc) is 3.37. The van der Waals surface area contributed by atoms with Crippen LogP contribution in [0.3, 0.4) is 0 Å². The van der Waals surface area contributed by atoms with Crippen LogP contribution < -0.4 is 0 Å². The van der Waals surface area contributed by atoms with Crippen LogP contribution in [0.1, 0.15) is 60.2 Å². The number of rotatable bonds is 2. The number of fused-ring (bicyclic) bond motifs is 2. The van der Waals surface area contributed by atoms with Gasteiger partial charge in [-0.05, 0) is 43.9 Å². The number of nitrogens with zero attached hydrogens (tertiary/aromatic N) is 4. The molecule has 4 heterocycles. The maximum absolute atomic E-state index is 13.4. The number of carbonyl (C=O) groups is 1. The van der Waals surface area contributed by atoms with Crippen molar-refractivity contribution in [1.82, 2.24) is 24.6 Å². The highest BCUT2D eigenvalue weighted by atomic mass is 16.2. The molecule has 0 radical (unpaired) electrons. The molecule has 0 aliphatic carbocycles. The van der Waals surface area contributed by atoms with Gasteiger partial charge in [0.05, 0.1) is 6.04 Å². The van der Waals surface area contributed by atoms with Gasteiger partial charge in [0.1, 0.15) is 5.82 Å². The highest BCUT2D eigenvalue weighted by Crippen LogP contribution is 2.34. The summed E-state index contributed by atoms with van der Waals surface area (Å²) in [7, 11) is 0. The third-order valence-corrected chi connectivity index (χ3v) is 5.78. The Bertz CT molecular complexity index is 956. The number of nitrogens with one attached hydrogen (secondary N) is 1. The Labute approximate surface area is 152 Å². The fourth-order valence-electron chi connectivity index (χ4n) is 4.46. The van der Waals surface area contributed by atoms with Crippen LogP contribution in [0.5, 0.6) is 0 Å². The number of benzene rings is 1. The minimum atomic E-state index is 0.0380. The van der Waals surface area contributed by atoms with Gasteiger partial charge in [0.25, 0.3) is 5.91 Å². The largest absolute Gasteiger partial charge is 0.361 e. The van der Waals surface area contributed by atoms with Crippen LogP contribution in [0.15, 0.2) is 30.5 Å². The Morgan fingerprint density at radius 2 is 2.04 bits per heavy atom. The molecule has 0 bridgehead atoms. The fraction of sp³-hybridized carbons (Fsp3) is 0.450. The van der Waals surface area contributed by atoms with Gasteiger partial charge in [-0.1, -0.05) is 12.5 Å². The van der Waals surface area contributed by atoms with Crippen LogP contribution >= 0.6 is 0 Å². The van der Waals surface area contributed by atoms with E-state index in [1.807, 2.05) is 35.4 Å². The molecule has 6 nitrogen and oxygen atoms in total. The van der Waals surface area contributed by atoms with Crippen molar-refractivity contribution in [3.8, 4) is 0 Å². The van der Waals surface area contributed by atoms with Crippen molar-refractivity contribution in [3.63, 3.8) is 0 Å². The number of H-pyrrole nitrogens is 1. The molecule has 1 aromatic carbocycles. The Morgan fingerprint density at radius 3 is 3.00 bits per heavy atom. The van der Waals surface area contributed by atoms with Gasteiger partial charge >= 0.3 is 0 Å². The number of hydrogen-bond acceptors (Lipinski definition) is 3. The second-order valence-electron chi connectivity index (χ2n) is 7.34. The van der Waals surface area contributed by atoms with E-state index in [1.165, 1.54) is 19.3 Å². The minimum absolute atomic E-state index is 0.0380. The zero-order valence-corrected chi connectivity index (χ0v) is 14.8. The summed E-state index contributed by atoms with van der Waals surface area (Å²) >= 11 is 0. The van der Waals surface area contributed by atoms with Gasteiger partial charge in [-0.3, -0.25) is 4.79 Å². The molecular formula is C20H23N5O. The van der Waals surface area contributed by atoms with Crippen LogP contribution in [-0.2, 0) is 13.0 Å². The van der Waals surface area contributed by atoms with E-state index >= 15 is 0 Å². The summed E-state index contributed by atoms with van der Waals surface area (Å²) in [5, 5.41) is 9.94. The van der Waals surface area contributed by atoms with Crippen molar-refractivity contribution in [2.75, 3.05) is 6.54 Å². The standard InChI is InChI=1S/C20H23N5O/c26-20(15-6-4-7-16-14(15)10-11-21-16)24-13-5-8-17(24)19-23-22-18-9-2-1-3-12-25(18)19/h4,6-7,10-11,17,21H,1-3,5,8-9,12-13H2. The number of aromatic nitrogens is 4. The molecule has 2 aliphatic heterocycles. The second-order valence-corrected chi connectivity index (χ2v) is 7.34. The lowest BCUT2D eigenvalue weighted by Gasteiger charge is -2.25. The van der Waals surface area contributed by atoms with E-state index in [-0.39, 0.29) is 11.9 Å². The van der Waals surface area contributed by atoms with Gasteiger partial charge in [-0.2, -0.15) is 0 Å². The third-order valence-electron chi connectivity index (χ3n) is 5.78. The Kier molecular flexibility index (Phi) is 3.76. The normalized spacial score (nSPS) is 20.3. The smallest absolute Gasteiger partial charge is 0.255 e. The summed E-state index contributed by atoms with van der Waals surface area (Å²) in [4.78, 5) is 18.6. The molecule has 6 heteroatoms. The summed E-state index contributed by atoms with van der Waals surface area (Å²) < 4.78 is 2.28. The van der Waals surface area contributed by atoms with Crippen LogP contribution in [0.25, 0.3) is 10.9 Å². The van der Waals surface area contributed by atoms with Crippen molar-refractivity contribution in [3.05, 3.63) is 47.7 Å². The van der Waals surface area contributed by atoms with Crippen molar-refractivity contribution in [2.24, 2.45) is 0 Å². The van der Waals surface area contributed by atoms with Crippen LogP contribution in [0.4, 0.5) is 0 Å². The van der Waals surface area contributed by atoms with Crippen molar-refractivity contribution in [1.29, 1.82) is 0 Å². The highest BCUT2D eigenvalue weighted by molar-refractivity contribution is 6.06. The molecule has 1 atom stereocenters. The molecule has 26 heavy (non-hydrogen) atoms. The van der Waals surface area contributed by atoms with Crippen molar-refractivity contribution in [2.45, 2.75) is 51.1 Å². The van der Waals surface area contributed by atoms with E-state index in [0.717, 1.165) is 60.5 Å². The predicted octanol–water partition coefficient (Wildman–Crippen LogP) is 3.46. The van der Waals surface area contributed by atoms with Crippen molar-refractivity contribution >= 4 is 16.8 Å². The molecular weight excluding hydrogens is 326 g/mol. The van der Waals surface area contributed by atoms with Gasteiger partial charge < -0.3 is 14.5 Å². The quantitative estimate of drug-likeness (QED) is 0.770. The number of aromatic amines is 1. The summed E-state index contributed by atoms with van der Waals surface area (Å²) in [6, 6.07) is 7.90. The monoisotopic (exact) mass is 349 g/mol. The lowest BCUT2D eigenvalue weighted by atomic mass is 10.1. The summed E-state index contributed by atoms with van der Waals surface area (Å²) in [5.74, 6) is 2.17. The molecule has 1 saturated heterocycles. The number of hydrogen-bond donors (Lipinski definition) is 1. The number of amides is 1. The zero-order chi connectivity index (χ0) is 17.5. The number of carbonyl (C=O) groups excluding carboxylic acids is 1. The van der Waals surface area contributed by atoms with E-state index in [1.54, 1.807) is 0 Å². The third kappa shape index (κ3) is 2.43. The Hall–Kier alpha value is -2.63. The Morgan fingerprint density at radius 1 is 1.08 bits per heavy atom. The van der Waals surface area contributed by atoms with E-state index in [9.17, 15) is 4.79 Å². The average molecular weight is 349 g/mol. The molecule has 0 saturated carbocycles. The predicted molar refractivity (Wildman–Crippen MR) is 98.9 cm³/mol. The topological polar surface area (TPSA) is 66.8 Å². The molecule has 0 spiro atoms. The molecule has 2 aromatic heterocycles. The van der Waals surface area contributed by atoms with Crippen molar-refractivity contribution < 1.29 is 4.79 Å². The molecule has 5 rings (SSSR count). The van der Waals surface area contributed by atoms with Gasteiger partial charge in [-0.25, -0.2) is 0 Å². The van der Waals surface area contributed by atoms with E-state index in [0.29, 0.717) is 0 Å². The van der Waals surface area contributed by atoms with Gasteiger partial charge in [0, 0.05) is 42.2 Å². The number of aryl methyl sites for hydroxylation is 1. The first-order valence-corrected chi connectivity index (χ1v) is 9.62. The molecule has 1 unspecified atom stereocenters. The maximum atomic E-state index is 13.4. The van der Waals surface area contributed by atoms with E-state index in [4.69, 9.17) is 0 Å². The highest BCUT2D eigenvalue weighted by Gasteiger charge is 2.35. The second kappa shape index (κ2) is 6.27. The summed E-state index contributed by atoms with van der Waals surface area (Å²) in [6.45, 7) is 1.76. The SMILES string of the molecule is O=C(c1cccc2[nH]ccc12)N1CCCC1c1nnc2n1CCCCC2. The number of likely N-dealkylation sites (tertiary alicyclic amines) is 1. The summed E-state index contributed by atoms with van der Waals surface area (Å²) in [5.41, 5.74) is 1.77. The molecule has 2 aliphatic rings.